The Bertz CT molecular complexity index is 606. The summed E-state index contributed by atoms with van der Waals surface area (Å²) in [5, 5.41) is 3.36. The highest BCUT2D eigenvalue weighted by Crippen LogP contribution is 2.23. The van der Waals surface area contributed by atoms with Gasteiger partial charge in [0.15, 0.2) is 0 Å². The third-order valence-corrected chi connectivity index (χ3v) is 3.71. The molecule has 0 radical (unpaired) electrons. The average Bonchev–Trinajstić information content (AvgIpc) is 2.53. The van der Waals surface area contributed by atoms with Crippen LogP contribution < -0.4 is 15.0 Å². The lowest BCUT2D eigenvalue weighted by Crippen LogP contribution is -2.43. The predicted molar refractivity (Wildman–Crippen MR) is 83.1 cm³/mol. The molecule has 5 nitrogen and oxygen atoms in total. The number of nitrogens with zero attached hydrogens (tertiary/aromatic N) is 3. The van der Waals surface area contributed by atoms with Gasteiger partial charge in [-0.3, -0.25) is 4.98 Å². The Balaban J connectivity index is 1.70. The number of benzene rings is 1. The summed E-state index contributed by atoms with van der Waals surface area (Å²) in [5.41, 5.74) is 3.05. The van der Waals surface area contributed by atoms with Gasteiger partial charge in [0, 0.05) is 31.9 Å². The van der Waals surface area contributed by atoms with Crippen LogP contribution in [0.25, 0.3) is 0 Å². The van der Waals surface area contributed by atoms with E-state index in [1.807, 2.05) is 26.0 Å². The van der Waals surface area contributed by atoms with Crippen LogP contribution in [0.5, 0.6) is 11.6 Å². The number of aromatic nitrogens is 2. The zero-order chi connectivity index (χ0) is 14.7. The van der Waals surface area contributed by atoms with Gasteiger partial charge in [0.1, 0.15) is 5.75 Å². The molecule has 21 heavy (non-hydrogen) atoms. The van der Waals surface area contributed by atoms with Gasteiger partial charge in [-0.05, 0) is 38.1 Å². The molecule has 2 heterocycles. The number of nitrogens with one attached hydrogen (secondary N) is 1. The Hall–Kier alpha value is -2.14. The van der Waals surface area contributed by atoms with Crippen LogP contribution in [0.3, 0.4) is 0 Å². The van der Waals surface area contributed by atoms with Gasteiger partial charge in [-0.2, -0.15) is 0 Å². The van der Waals surface area contributed by atoms with Crippen LogP contribution in [-0.2, 0) is 0 Å². The lowest BCUT2D eigenvalue weighted by Gasteiger charge is -2.29. The standard InChI is InChI=1S/C16H20N4O/c1-12-13(2)19-16(11-18-12)21-15-5-3-14(4-6-15)20-9-7-17-8-10-20/h3-6,11,17H,7-10H2,1-2H3. The Morgan fingerprint density at radius 3 is 2.43 bits per heavy atom. The Labute approximate surface area is 125 Å². The second-order valence-electron chi connectivity index (χ2n) is 5.21. The van der Waals surface area contributed by atoms with Crippen LogP contribution in [0, 0.1) is 13.8 Å². The molecule has 0 amide bonds. The molecule has 0 bridgehead atoms. The van der Waals surface area contributed by atoms with Crippen molar-refractivity contribution in [2.24, 2.45) is 0 Å². The molecule has 0 unspecified atom stereocenters. The van der Waals surface area contributed by atoms with E-state index in [4.69, 9.17) is 4.74 Å². The van der Waals surface area contributed by atoms with Gasteiger partial charge in [-0.15, -0.1) is 0 Å². The Morgan fingerprint density at radius 2 is 1.76 bits per heavy atom. The molecule has 0 aliphatic carbocycles. The smallest absolute Gasteiger partial charge is 0.238 e. The molecule has 1 saturated heterocycles. The average molecular weight is 284 g/mol. The minimum atomic E-state index is 0.535. The first kappa shape index (κ1) is 13.8. The molecular formula is C16H20N4O. The van der Waals surface area contributed by atoms with Crippen LogP contribution in [-0.4, -0.2) is 36.1 Å². The zero-order valence-corrected chi connectivity index (χ0v) is 12.5. The molecule has 1 N–H and O–H groups in total. The number of hydrogen-bond donors (Lipinski definition) is 1. The van der Waals surface area contributed by atoms with E-state index in [9.17, 15) is 0 Å². The first-order valence-electron chi connectivity index (χ1n) is 7.26. The molecule has 0 spiro atoms. The normalized spacial score (nSPS) is 15.0. The summed E-state index contributed by atoms with van der Waals surface area (Å²) >= 11 is 0. The van der Waals surface area contributed by atoms with Crippen molar-refractivity contribution in [3.8, 4) is 11.6 Å². The monoisotopic (exact) mass is 284 g/mol. The van der Waals surface area contributed by atoms with Crippen molar-refractivity contribution >= 4 is 5.69 Å². The van der Waals surface area contributed by atoms with Crippen molar-refractivity contribution < 1.29 is 4.74 Å². The molecule has 110 valence electrons. The van der Waals surface area contributed by atoms with E-state index in [1.54, 1.807) is 6.20 Å². The predicted octanol–water partition coefficient (Wildman–Crippen LogP) is 2.30. The number of anilines is 1. The Kier molecular flexibility index (Phi) is 4.01. The Morgan fingerprint density at radius 1 is 1.05 bits per heavy atom. The second kappa shape index (κ2) is 6.10. The topological polar surface area (TPSA) is 50.3 Å². The fraction of sp³-hybridized carbons (Fsp3) is 0.375. The molecular weight excluding hydrogens is 264 g/mol. The van der Waals surface area contributed by atoms with Crippen molar-refractivity contribution in [2.75, 3.05) is 31.1 Å². The summed E-state index contributed by atoms with van der Waals surface area (Å²) in [5.74, 6) is 1.32. The van der Waals surface area contributed by atoms with E-state index >= 15 is 0 Å². The summed E-state index contributed by atoms with van der Waals surface area (Å²) in [4.78, 5) is 11.0. The molecule has 5 heteroatoms. The number of piperazine rings is 1. The number of aryl methyl sites for hydroxylation is 2. The van der Waals surface area contributed by atoms with Crippen molar-refractivity contribution in [3.05, 3.63) is 41.9 Å². The summed E-state index contributed by atoms with van der Waals surface area (Å²) in [6.45, 7) is 8.04. The lowest BCUT2D eigenvalue weighted by molar-refractivity contribution is 0.458. The maximum atomic E-state index is 5.75. The minimum Gasteiger partial charge on any atom is -0.437 e. The molecule has 1 aromatic carbocycles. The highest BCUT2D eigenvalue weighted by Gasteiger charge is 2.10. The van der Waals surface area contributed by atoms with Crippen molar-refractivity contribution in [2.45, 2.75) is 13.8 Å². The van der Waals surface area contributed by atoms with Gasteiger partial charge in [-0.1, -0.05) is 0 Å². The van der Waals surface area contributed by atoms with E-state index in [-0.39, 0.29) is 0 Å². The van der Waals surface area contributed by atoms with Crippen LogP contribution >= 0.6 is 0 Å². The molecule has 3 rings (SSSR count). The first-order valence-corrected chi connectivity index (χ1v) is 7.26. The summed E-state index contributed by atoms with van der Waals surface area (Å²) in [7, 11) is 0. The summed E-state index contributed by atoms with van der Waals surface area (Å²) in [6, 6.07) is 8.15. The van der Waals surface area contributed by atoms with Crippen LogP contribution in [0.15, 0.2) is 30.5 Å². The third-order valence-electron chi connectivity index (χ3n) is 3.71. The largest absolute Gasteiger partial charge is 0.437 e. The third kappa shape index (κ3) is 3.31. The zero-order valence-electron chi connectivity index (χ0n) is 12.5. The van der Waals surface area contributed by atoms with Gasteiger partial charge >= 0.3 is 0 Å². The van der Waals surface area contributed by atoms with Crippen molar-refractivity contribution in [3.63, 3.8) is 0 Å². The fourth-order valence-corrected chi connectivity index (χ4v) is 2.34. The van der Waals surface area contributed by atoms with Gasteiger partial charge in [0.25, 0.3) is 0 Å². The minimum absolute atomic E-state index is 0.535. The highest BCUT2D eigenvalue weighted by atomic mass is 16.5. The van der Waals surface area contributed by atoms with Crippen LogP contribution in [0.2, 0.25) is 0 Å². The lowest BCUT2D eigenvalue weighted by atomic mass is 10.2. The maximum Gasteiger partial charge on any atom is 0.238 e. The van der Waals surface area contributed by atoms with E-state index in [0.717, 1.165) is 43.3 Å². The van der Waals surface area contributed by atoms with E-state index < -0.39 is 0 Å². The highest BCUT2D eigenvalue weighted by molar-refractivity contribution is 5.49. The van der Waals surface area contributed by atoms with Gasteiger partial charge < -0.3 is 15.0 Å². The van der Waals surface area contributed by atoms with Gasteiger partial charge in [-0.25, -0.2) is 4.98 Å². The number of rotatable bonds is 3. The summed E-state index contributed by atoms with van der Waals surface area (Å²) < 4.78 is 5.75. The van der Waals surface area contributed by atoms with Crippen LogP contribution in [0.4, 0.5) is 5.69 Å². The van der Waals surface area contributed by atoms with Crippen LogP contribution in [0.1, 0.15) is 11.4 Å². The fourth-order valence-electron chi connectivity index (χ4n) is 2.34. The molecule has 0 atom stereocenters. The molecule has 2 aromatic rings. The van der Waals surface area contributed by atoms with Gasteiger partial charge in [0.2, 0.25) is 5.88 Å². The van der Waals surface area contributed by atoms with E-state index in [2.05, 4.69) is 32.3 Å². The number of hydrogen-bond acceptors (Lipinski definition) is 5. The molecule has 1 aromatic heterocycles. The summed E-state index contributed by atoms with van der Waals surface area (Å²) in [6.07, 6.45) is 1.66. The van der Waals surface area contributed by atoms with Crippen molar-refractivity contribution in [1.29, 1.82) is 0 Å². The molecule has 0 saturated carbocycles. The van der Waals surface area contributed by atoms with Crippen molar-refractivity contribution in [1.82, 2.24) is 15.3 Å². The maximum absolute atomic E-state index is 5.75. The number of ether oxygens (including phenoxy) is 1. The van der Waals surface area contributed by atoms with Gasteiger partial charge in [0.05, 0.1) is 17.6 Å². The SMILES string of the molecule is Cc1ncc(Oc2ccc(N3CCNCC3)cc2)nc1C. The molecule has 1 aliphatic rings. The second-order valence-corrected chi connectivity index (χ2v) is 5.21. The van der Waals surface area contributed by atoms with E-state index in [1.165, 1.54) is 5.69 Å². The quantitative estimate of drug-likeness (QED) is 0.937. The molecule has 1 aliphatic heterocycles. The first-order chi connectivity index (χ1) is 10.2. The van der Waals surface area contributed by atoms with E-state index in [0.29, 0.717) is 5.88 Å². The molecule has 1 fully saturated rings.